The molecular formula is C16H26N2O2S. The largest absolute Gasteiger partial charge is 0.302 e. The van der Waals surface area contributed by atoms with Gasteiger partial charge in [0.2, 0.25) is 10.0 Å². The summed E-state index contributed by atoms with van der Waals surface area (Å²) in [7, 11) is -3.13. The Morgan fingerprint density at radius 2 is 2.05 bits per heavy atom. The van der Waals surface area contributed by atoms with E-state index in [1.807, 2.05) is 13.0 Å². The van der Waals surface area contributed by atoms with Crippen LogP contribution in [0.15, 0.2) is 30.3 Å². The second kappa shape index (κ2) is 7.38. The maximum absolute atomic E-state index is 12.0. The number of sulfonamides is 1. The van der Waals surface area contributed by atoms with Crippen LogP contribution in [-0.4, -0.2) is 44.7 Å². The smallest absolute Gasteiger partial charge is 0.215 e. The predicted octanol–water partition coefficient (Wildman–Crippen LogP) is 1.88. The minimum absolute atomic E-state index is 0.249. The summed E-state index contributed by atoms with van der Waals surface area (Å²) in [5.74, 6) is 0.535. The molecule has 0 saturated carbocycles. The Bertz CT molecular complexity index is 530. The first-order chi connectivity index (χ1) is 10.0. The molecule has 1 aliphatic rings. The Kier molecular flexibility index (Phi) is 5.79. The second-order valence-corrected chi connectivity index (χ2v) is 8.05. The van der Waals surface area contributed by atoms with Gasteiger partial charge in [0, 0.05) is 19.6 Å². The van der Waals surface area contributed by atoms with Gasteiger partial charge in [-0.05, 0) is 30.9 Å². The molecule has 21 heavy (non-hydrogen) atoms. The normalized spacial score (nSPS) is 21.5. The fourth-order valence-electron chi connectivity index (χ4n) is 3.06. The molecule has 0 aromatic heterocycles. The number of rotatable bonds is 7. The topological polar surface area (TPSA) is 49.4 Å². The quantitative estimate of drug-likeness (QED) is 0.836. The van der Waals surface area contributed by atoms with Crippen LogP contribution in [-0.2, 0) is 16.4 Å². The lowest BCUT2D eigenvalue weighted by Crippen LogP contribution is -2.37. The molecule has 1 aromatic carbocycles. The highest BCUT2D eigenvalue weighted by molar-refractivity contribution is 7.90. The monoisotopic (exact) mass is 310 g/mol. The fourth-order valence-corrected chi connectivity index (χ4v) is 4.52. The van der Waals surface area contributed by atoms with Gasteiger partial charge in [0.15, 0.2) is 0 Å². The summed E-state index contributed by atoms with van der Waals surface area (Å²) in [4.78, 5) is 2.28. The van der Waals surface area contributed by atoms with Crippen molar-refractivity contribution >= 4 is 10.0 Å². The van der Waals surface area contributed by atoms with Crippen LogP contribution >= 0.6 is 0 Å². The fraction of sp³-hybridized carbons (Fsp3) is 0.625. The Morgan fingerprint density at radius 3 is 2.71 bits per heavy atom. The summed E-state index contributed by atoms with van der Waals surface area (Å²) >= 11 is 0. The third-order valence-electron chi connectivity index (χ3n) is 4.01. The first kappa shape index (κ1) is 16.5. The Labute approximate surface area is 128 Å². The highest BCUT2D eigenvalue weighted by atomic mass is 32.2. The summed E-state index contributed by atoms with van der Waals surface area (Å²) < 4.78 is 26.7. The predicted molar refractivity (Wildman–Crippen MR) is 86.8 cm³/mol. The molecule has 118 valence electrons. The minimum Gasteiger partial charge on any atom is -0.302 e. The summed E-state index contributed by atoms with van der Waals surface area (Å²) in [5, 5.41) is -0.249. The van der Waals surface area contributed by atoms with E-state index in [0.29, 0.717) is 19.0 Å². The van der Waals surface area contributed by atoms with Crippen molar-refractivity contribution in [2.75, 3.05) is 26.2 Å². The number of nitrogens with zero attached hydrogens (tertiary/aromatic N) is 1. The van der Waals surface area contributed by atoms with Gasteiger partial charge in [-0.2, -0.15) is 0 Å². The van der Waals surface area contributed by atoms with Crippen molar-refractivity contribution in [1.82, 2.24) is 9.62 Å². The van der Waals surface area contributed by atoms with Crippen molar-refractivity contribution in [3.63, 3.8) is 0 Å². The van der Waals surface area contributed by atoms with Crippen molar-refractivity contribution in [3.05, 3.63) is 35.9 Å². The minimum atomic E-state index is -3.13. The molecule has 5 heteroatoms. The van der Waals surface area contributed by atoms with E-state index in [1.165, 1.54) is 5.56 Å². The van der Waals surface area contributed by atoms with Crippen LogP contribution < -0.4 is 4.72 Å². The summed E-state index contributed by atoms with van der Waals surface area (Å²) in [6, 6.07) is 10.5. The lowest BCUT2D eigenvalue weighted by Gasteiger charge is -2.21. The molecule has 1 saturated heterocycles. The zero-order valence-electron chi connectivity index (χ0n) is 13.0. The SMILES string of the molecule is CCNS(=O)(=O)[C@H]1CCN(C[C@H](C)Cc2ccccc2)C1. The lowest BCUT2D eigenvalue weighted by molar-refractivity contribution is 0.287. The first-order valence-electron chi connectivity index (χ1n) is 7.76. The summed E-state index contributed by atoms with van der Waals surface area (Å²) in [5.41, 5.74) is 1.35. The van der Waals surface area contributed by atoms with Crippen LogP contribution in [0.5, 0.6) is 0 Å². The Hall–Kier alpha value is -0.910. The molecule has 0 amide bonds. The number of benzene rings is 1. The van der Waals surface area contributed by atoms with Gasteiger partial charge in [0.25, 0.3) is 0 Å². The highest BCUT2D eigenvalue weighted by Gasteiger charge is 2.32. The van der Waals surface area contributed by atoms with Gasteiger partial charge < -0.3 is 4.90 Å². The molecule has 4 nitrogen and oxygen atoms in total. The number of likely N-dealkylation sites (tertiary alicyclic amines) is 1. The van der Waals surface area contributed by atoms with E-state index < -0.39 is 10.0 Å². The van der Waals surface area contributed by atoms with Gasteiger partial charge in [0.05, 0.1) is 5.25 Å². The standard InChI is InChI=1S/C16H26N2O2S/c1-3-17-21(19,20)16-9-10-18(13-16)12-14(2)11-15-7-5-4-6-8-15/h4-8,14,16-17H,3,9-13H2,1-2H3/t14-,16+/m1/s1. The number of nitrogens with one attached hydrogen (secondary N) is 1. The lowest BCUT2D eigenvalue weighted by atomic mass is 10.0. The van der Waals surface area contributed by atoms with Gasteiger partial charge >= 0.3 is 0 Å². The average Bonchev–Trinajstić information content (AvgIpc) is 2.89. The molecule has 1 aromatic rings. The third-order valence-corrected chi connectivity index (χ3v) is 5.96. The van der Waals surface area contributed by atoms with Gasteiger partial charge in [-0.15, -0.1) is 0 Å². The van der Waals surface area contributed by atoms with Crippen LogP contribution in [0.2, 0.25) is 0 Å². The highest BCUT2D eigenvalue weighted by Crippen LogP contribution is 2.18. The Balaban J connectivity index is 1.82. The van der Waals surface area contributed by atoms with Crippen molar-refractivity contribution in [2.24, 2.45) is 5.92 Å². The van der Waals surface area contributed by atoms with Gasteiger partial charge in [-0.1, -0.05) is 44.2 Å². The van der Waals surface area contributed by atoms with Crippen LogP contribution in [0.4, 0.5) is 0 Å². The molecule has 0 aliphatic carbocycles. The molecule has 0 unspecified atom stereocenters. The van der Waals surface area contributed by atoms with E-state index in [0.717, 1.165) is 25.9 Å². The van der Waals surface area contributed by atoms with E-state index >= 15 is 0 Å². The van der Waals surface area contributed by atoms with E-state index in [9.17, 15) is 8.42 Å². The maximum atomic E-state index is 12.0. The molecular weight excluding hydrogens is 284 g/mol. The number of hydrogen-bond donors (Lipinski definition) is 1. The molecule has 1 aliphatic heterocycles. The average molecular weight is 310 g/mol. The molecule has 1 heterocycles. The molecule has 0 bridgehead atoms. The number of hydrogen-bond acceptors (Lipinski definition) is 3. The van der Waals surface area contributed by atoms with E-state index in [4.69, 9.17) is 0 Å². The molecule has 1 N–H and O–H groups in total. The molecule has 2 rings (SSSR count). The molecule has 2 atom stereocenters. The zero-order valence-corrected chi connectivity index (χ0v) is 13.8. The van der Waals surface area contributed by atoms with Gasteiger partial charge in [-0.3, -0.25) is 0 Å². The van der Waals surface area contributed by atoms with Crippen molar-refractivity contribution < 1.29 is 8.42 Å². The summed E-state index contributed by atoms with van der Waals surface area (Å²) in [6.07, 6.45) is 1.79. The Morgan fingerprint density at radius 1 is 1.33 bits per heavy atom. The van der Waals surface area contributed by atoms with E-state index in [1.54, 1.807) is 0 Å². The van der Waals surface area contributed by atoms with E-state index in [2.05, 4.69) is 40.8 Å². The van der Waals surface area contributed by atoms with Crippen LogP contribution in [0.25, 0.3) is 0 Å². The molecule has 0 radical (unpaired) electrons. The maximum Gasteiger partial charge on any atom is 0.215 e. The molecule has 0 spiro atoms. The first-order valence-corrected chi connectivity index (χ1v) is 9.30. The van der Waals surface area contributed by atoms with Crippen LogP contribution in [0, 0.1) is 5.92 Å². The van der Waals surface area contributed by atoms with Crippen molar-refractivity contribution in [1.29, 1.82) is 0 Å². The van der Waals surface area contributed by atoms with Gasteiger partial charge in [-0.25, -0.2) is 13.1 Å². The van der Waals surface area contributed by atoms with Crippen molar-refractivity contribution in [2.45, 2.75) is 31.9 Å². The van der Waals surface area contributed by atoms with Crippen LogP contribution in [0.3, 0.4) is 0 Å². The second-order valence-electron chi connectivity index (χ2n) is 6.01. The third kappa shape index (κ3) is 4.80. The van der Waals surface area contributed by atoms with Crippen molar-refractivity contribution in [3.8, 4) is 0 Å². The molecule has 1 fully saturated rings. The van der Waals surface area contributed by atoms with Gasteiger partial charge in [0.1, 0.15) is 0 Å². The van der Waals surface area contributed by atoms with Crippen LogP contribution in [0.1, 0.15) is 25.8 Å². The van der Waals surface area contributed by atoms with E-state index in [-0.39, 0.29) is 5.25 Å². The summed E-state index contributed by atoms with van der Waals surface area (Å²) in [6.45, 7) is 7.05. The zero-order chi connectivity index (χ0) is 15.3.